The number of hydrogen-bond acceptors (Lipinski definition) is 0. The minimum absolute atomic E-state index is 0.312. The summed E-state index contributed by atoms with van der Waals surface area (Å²) in [7, 11) is 0. The summed E-state index contributed by atoms with van der Waals surface area (Å²) in [5, 5.41) is 0.775. The monoisotopic (exact) mass is 266 g/mol. The smallest absolute Gasteiger partial charge is 0.0452 e. The molecule has 0 saturated heterocycles. The minimum atomic E-state index is 0.312. The third-order valence-electron chi connectivity index (χ3n) is 1.72. The van der Waals surface area contributed by atoms with Gasteiger partial charge >= 0.3 is 0 Å². The normalized spacial score (nSPS) is 13.0. The van der Waals surface area contributed by atoms with Crippen molar-refractivity contribution >= 4 is 39.1 Å². The van der Waals surface area contributed by atoms with Gasteiger partial charge in [0.2, 0.25) is 0 Å². The van der Waals surface area contributed by atoms with Crippen LogP contribution in [-0.4, -0.2) is 5.88 Å². The molecular weight excluding hydrogens is 259 g/mol. The Hall–Kier alpha value is 0.280. The number of rotatable bonds is 2. The van der Waals surface area contributed by atoms with Crippen LogP contribution in [0.3, 0.4) is 0 Å². The van der Waals surface area contributed by atoms with E-state index < -0.39 is 0 Å². The highest BCUT2D eigenvalue weighted by atomic mass is 79.9. The quantitative estimate of drug-likeness (QED) is 0.695. The fraction of sp³-hybridized carbons (Fsp3) is 0.333. The predicted molar refractivity (Wildman–Crippen MR) is 58.3 cm³/mol. The van der Waals surface area contributed by atoms with Crippen molar-refractivity contribution in [3.63, 3.8) is 0 Å². The van der Waals surface area contributed by atoms with Crippen LogP contribution in [-0.2, 0) is 0 Å². The summed E-state index contributed by atoms with van der Waals surface area (Å²) in [6, 6.07) is 5.86. The fourth-order valence-electron chi connectivity index (χ4n) is 0.984. The average molecular weight is 268 g/mol. The molecule has 0 aliphatic carbocycles. The Balaban J connectivity index is 3.01. The number of alkyl halides is 1. The zero-order chi connectivity index (χ0) is 9.14. The lowest BCUT2D eigenvalue weighted by molar-refractivity contribution is 0.875. The van der Waals surface area contributed by atoms with Gasteiger partial charge in [-0.1, -0.05) is 40.5 Å². The molecule has 0 saturated carbocycles. The first kappa shape index (κ1) is 10.4. The number of benzene rings is 1. The lowest BCUT2D eigenvalue weighted by Crippen LogP contribution is -1.95. The van der Waals surface area contributed by atoms with Crippen molar-refractivity contribution in [3.05, 3.63) is 33.3 Å². The summed E-state index contributed by atoms with van der Waals surface area (Å²) < 4.78 is 0.998. The molecule has 1 rings (SSSR count). The molecule has 0 heterocycles. The second-order valence-corrected chi connectivity index (χ2v) is 4.35. The molecule has 0 aliphatic heterocycles. The molecule has 0 nitrogen and oxygen atoms in total. The Bertz CT molecular complexity index is 273. The molecule has 12 heavy (non-hydrogen) atoms. The standard InChI is InChI=1S/C9H9BrCl2/c1-6(5-11)8-3-2-7(10)4-9(8)12/h2-4,6H,5H2,1H3. The van der Waals surface area contributed by atoms with Crippen LogP contribution in [0, 0.1) is 0 Å². The summed E-state index contributed by atoms with van der Waals surface area (Å²) in [6.07, 6.45) is 0. The first-order valence-corrected chi connectivity index (χ1v) is 5.36. The van der Waals surface area contributed by atoms with Crippen molar-refractivity contribution in [2.45, 2.75) is 12.8 Å². The van der Waals surface area contributed by atoms with Crippen molar-refractivity contribution < 1.29 is 0 Å². The van der Waals surface area contributed by atoms with E-state index in [9.17, 15) is 0 Å². The third-order valence-corrected chi connectivity index (χ3v) is 3.01. The van der Waals surface area contributed by atoms with E-state index >= 15 is 0 Å². The molecule has 0 spiro atoms. The zero-order valence-corrected chi connectivity index (χ0v) is 9.75. The highest BCUT2D eigenvalue weighted by Gasteiger charge is 2.07. The summed E-state index contributed by atoms with van der Waals surface area (Å²) in [6.45, 7) is 2.06. The molecular formula is C9H9BrCl2. The molecule has 0 aromatic heterocycles. The van der Waals surface area contributed by atoms with E-state index in [0.29, 0.717) is 11.8 Å². The summed E-state index contributed by atoms with van der Waals surface area (Å²) >= 11 is 15.1. The Morgan fingerprint density at radius 1 is 1.50 bits per heavy atom. The van der Waals surface area contributed by atoms with Crippen molar-refractivity contribution in [3.8, 4) is 0 Å². The first-order valence-electron chi connectivity index (χ1n) is 3.66. The fourth-order valence-corrected chi connectivity index (χ4v) is 2.01. The van der Waals surface area contributed by atoms with E-state index in [1.807, 2.05) is 18.2 Å². The van der Waals surface area contributed by atoms with Crippen LogP contribution in [0.5, 0.6) is 0 Å². The van der Waals surface area contributed by atoms with Gasteiger partial charge in [0.25, 0.3) is 0 Å². The van der Waals surface area contributed by atoms with Crippen LogP contribution in [0.25, 0.3) is 0 Å². The van der Waals surface area contributed by atoms with Gasteiger partial charge in [-0.15, -0.1) is 11.6 Å². The molecule has 3 heteroatoms. The van der Waals surface area contributed by atoms with Gasteiger partial charge in [-0.05, 0) is 23.6 Å². The van der Waals surface area contributed by atoms with Gasteiger partial charge in [0.1, 0.15) is 0 Å². The molecule has 1 aromatic carbocycles. The summed E-state index contributed by atoms with van der Waals surface area (Å²) in [4.78, 5) is 0. The molecule has 0 bridgehead atoms. The van der Waals surface area contributed by atoms with Gasteiger partial charge in [0.05, 0.1) is 0 Å². The van der Waals surface area contributed by atoms with E-state index in [1.165, 1.54) is 0 Å². The largest absolute Gasteiger partial charge is 0.126 e. The predicted octanol–water partition coefficient (Wildman–Crippen LogP) is 4.44. The van der Waals surface area contributed by atoms with Gasteiger partial charge in [0, 0.05) is 15.4 Å². The van der Waals surface area contributed by atoms with Crippen LogP contribution < -0.4 is 0 Å². The van der Waals surface area contributed by atoms with Crippen LogP contribution in [0.2, 0.25) is 5.02 Å². The van der Waals surface area contributed by atoms with Crippen molar-refractivity contribution in [1.82, 2.24) is 0 Å². The van der Waals surface area contributed by atoms with Gasteiger partial charge in [-0.25, -0.2) is 0 Å². The maximum Gasteiger partial charge on any atom is 0.0452 e. The molecule has 1 aromatic rings. The van der Waals surface area contributed by atoms with Crippen molar-refractivity contribution in [2.24, 2.45) is 0 Å². The molecule has 0 fully saturated rings. The summed E-state index contributed by atoms with van der Waals surface area (Å²) in [5.74, 6) is 0.911. The Morgan fingerprint density at radius 3 is 2.67 bits per heavy atom. The Morgan fingerprint density at radius 2 is 2.17 bits per heavy atom. The average Bonchev–Trinajstić information content (AvgIpc) is 2.03. The zero-order valence-electron chi connectivity index (χ0n) is 6.65. The van der Waals surface area contributed by atoms with Gasteiger partial charge in [0.15, 0.2) is 0 Å². The number of hydrogen-bond donors (Lipinski definition) is 0. The molecule has 0 aliphatic rings. The van der Waals surface area contributed by atoms with Gasteiger partial charge in [-0.3, -0.25) is 0 Å². The maximum atomic E-state index is 6.01. The second kappa shape index (κ2) is 4.50. The van der Waals surface area contributed by atoms with E-state index in [4.69, 9.17) is 23.2 Å². The maximum absolute atomic E-state index is 6.01. The van der Waals surface area contributed by atoms with Crippen LogP contribution >= 0.6 is 39.1 Å². The Labute approximate surface area is 91.0 Å². The van der Waals surface area contributed by atoms with Crippen LogP contribution in [0.4, 0.5) is 0 Å². The van der Waals surface area contributed by atoms with Gasteiger partial charge in [-0.2, -0.15) is 0 Å². The second-order valence-electron chi connectivity index (χ2n) is 2.72. The topological polar surface area (TPSA) is 0 Å². The molecule has 66 valence electrons. The van der Waals surface area contributed by atoms with E-state index in [2.05, 4.69) is 22.9 Å². The molecule has 0 radical (unpaired) electrons. The Kier molecular flexibility index (Phi) is 3.88. The minimum Gasteiger partial charge on any atom is -0.126 e. The summed E-state index contributed by atoms with van der Waals surface area (Å²) in [5.41, 5.74) is 1.11. The van der Waals surface area contributed by atoms with E-state index in [1.54, 1.807) is 0 Å². The molecule has 0 amide bonds. The molecule has 0 N–H and O–H groups in total. The SMILES string of the molecule is CC(CCl)c1ccc(Br)cc1Cl. The lowest BCUT2D eigenvalue weighted by atomic mass is 10.0. The van der Waals surface area contributed by atoms with Crippen molar-refractivity contribution in [2.75, 3.05) is 5.88 Å². The van der Waals surface area contributed by atoms with E-state index in [-0.39, 0.29) is 0 Å². The highest BCUT2D eigenvalue weighted by Crippen LogP contribution is 2.27. The highest BCUT2D eigenvalue weighted by molar-refractivity contribution is 9.10. The molecule has 1 atom stereocenters. The van der Waals surface area contributed by atoms with E-state index in [0.717, 1.165) is 15.1 Å². The lowest BCUT2D eigenvalue weighted by Gasteiger charge is -2.09. The van der Waals surface area contributed by atoms with Crippen LogP contribution in [0.1, 0.15) is 18.4 Å². The van der Waals surface area contributed by atoms with Crippen molar-refractivity contribution in [1.29, 1.82) is 0 Å². The third kappa shape index (κ3) is 2.38. The molecule has 1 unspecified atom stereocenters. The number of halogens is 3. The van der Waals surface area contributed by atoms with Gasteiger partial charge < -0.3 is 0 Å². The van der Waals surface area contributed by atoms with Crippen LogP contribution in [0.15, 0.2) is 22.7 Å². The first-order chi connectivity index (χ1) is 5.65.